The number of likely N-dealkylation sites (tertiary alicyclic amines) is 1. The summed E-state index contributed by atoms with van der Waals surface area (Å²) in [7, 11) is -3.75. The molecule has 27 heavy (non-hydrogen) atoms. The van der Waals surface area contributed by atoms with Crippen LogP contribution in [0.5, 0.6) is 0 Å². The number of benzene rings is 1. The van der Waals surface area contributed by atoms with Gasteiger partial charge < -0.3 is 16.0 Å². The molecule has 3 fully saturated rings. The average Bonchev–Trinajstić information content (AvgIpc) is 3.23. The van der Waals surface area contributed by atoms with E-state index in [-0.39, 0.29) is 35.8 Å². The summed E-state index contributed by atoms with van der Waals surface area (Å²) in [5.74, 6) is 0.458. The number of fused-ring (bicyclic) bond motifs is 1. The molecule has 1 aromatic carbocycles. The van der Waals surface area contributed by atoms with Crippen molar-refractivity contribution in [2.45, 2.75) is 23.8 Å². The van der Waals surface area contributed by atoms with Crippen LogP contribution < -0.4 is 11.1 Å². The van der Waals surface area contributed by atoms with E-state index >= 15 is 0 Å². The summed E-state index contributed by atoms with van der Waals surface area (Å²) < 4.78 is 26.5. The Balaban J connectivity index is 1.47. The maximum Gasteiger partial charge on any atom is 0.253 e. The molecule has 3 N–H and O–H groups in total. The molecular weight excluding hydrogens is 368 g/mol. The van der Waals surface area contributed by atoms with Crippen molar-refractivity contribution in [3.8, 4) is 0 Å². The zero-order chi connectivity index (χ0) is 19.2. The zero-order valence-corrected chi connectivity index (χ0v) is 15.8. The molecule has 0 bridgehead atoms. The molecule has 4 rings (SSSR count). The highest BCUT2D eigenvalue weighted by molar-refractivity contribution is 7.89. The van der Waals surface area contributed by atoms with Gasteiger partial charge in [-0.2, -0.15) is 4.31 Å². The SMILES string of the molecule is NC1CCC2CN(C(=O)c3ccc(S(=O)(=O)N4CCNC(=O)C4)cc3)CC12. The highest BCUT2D eigenvalue weighted by Gasteiger charge is 2.42. The van der Waals surface area contributed by atoms with Crippen LogP contribution in [-0.4, -0.2) is 68.2 Å². The largest absolute Gasteiger partial charge is 0.354 e. The monoisotopic (exact) mass is 392 g/mol. The summed E-state index contributed by atoms with van der Waals surface area (Å²) in [4.78, 5) is 26.2. The molecule has 8 nitrogen and oxygen atoms in total. The number of nitrogens with zero attached hydrogens (tertiary/aromatic N) is 2. The Morgan fingerprint density at radius 2 is 1.89 bits per heavy atom. The predicted octanol–water partition coefficient (Wildman–Crippen LogP) is -0.384. The van der Waals surface area contributed by atoms with Gasteiger partial charge in [0.2, 0.25) is 15.9 Å². The number of hydrogen-bond acceptors (Lipinski definition) is 5. The third-order valence-electron chi connectivity index (χ3n) is 5.94. The molecule has 2 heterocycles. The van der Waals surface area contributed by atoms with E-state index in [1.54, 1.807) is 12.1 Å². The Morgan fingerprint density at radius 3 is 2.56 bits per heavy atom. The quantitative estimate of drug-likeness (QED) is 0.728. The minimum absolute atomic E-state index is 0.0853. The van der Waals surface area contributed by atoms with Crippen LogP contribution in [0.2, 0.25) is 0 Å². The molecule has 1 aromatic rings. The fourth-order valence-electron chi connectivity index (χ4n) is 4.39. The van der Waals surface area contributed by atoms with E-state index in [0.29, 0.717) is 30.5 Å². The standard InChI is InChI=1S/C18H24N4O4S/c19-16-6-3-13-9-21(10-15(13)16)18(24)12-1-4-14(5-2-12)27(25,26)22-8-7-20-17(23)11-22/h1-2,4-5,13,15-16H,3,6-11,19H2,(H,20,23). The predicted molar refractivity (Wildman–Crippen MR) is 98.3 cm³/mol. The fraction of sp³-hybridized carbons (Fsp3) is 0.556. The lowest BCUT2D eigenvalue weighted by atomic mass is 9.98. The van der Waals surface area contributed by atoms with Crippen molar-refractivity contribution in [3.05, 3.63) is 29.8 Å². The first-order valence-corrected chi connectivity index (χ1v) is 10.7. The Morgan fingerprint density at radius 1 is 1.15 bits per heavy atom. The number of carbonyl (C=O) groups is 2. The second-order valence-electron chi connectivity index (χ2n) is 7.59. The Kier molecular flexibility index (Phi) is 4.69. The summed E-state index contributed by atoms with van der Waals surface area (Å²) in [6.07, 6.45) is 2.09. The van der Waals surface area contributed by atoms with Gasteiger partial charge in [0.05, 0.1) is 11.4 Å². The number of sulfonamides is 1. The Hall–Kier alpha value is -1.97. The summed E-state index contributed by atoms with van der Waals surface area (Å²) >= 11 is 0. The van der Waals surface area contributed by atoms with Gasteiger partial charge in [-0.25, -0.2) is 8.42 Å². The van der Waals surface area contributed by atoms with Crippen molar-refractivity contribution < 1.29 is 18.0 Å². The Labute approximate surface area is 158 Å². The van der Waals surface area contributed by atoms with Crippen LogP contribution in [0, 0.1) is 11.8 Å². The van der Waals surface area contributed by atoms with Crippen molar-refractivity contribution in [1.29, 1.82) is 0 Å². The lowest BCUT2D eigenvalue weighted by molar-refractivity contribution is -0.122. The minimum Gasteiger partial charge on any atom is -0.354 e. The lowest BCUT2D eigenvalue weighted by Gasteiger charge is -2.26. The summed E-state index contributed by atoms with van der Waals surface area (Å²) in [5.41, 5.74) is 6.60. The molecule has 2 amide bonds. The van der Waals surface area contributed by atoms with E-state index in [9.17, 15) is 18.0 Å². The molecule has 3 atom stereocenters. The molecule has 3 aliphatic rings. The number of hydrogen-bond donors (Lipinski definition) is 2. The third-order valence-corrected chi connectivity index (χ3v) is 7.80. The number of nitrogens with two attached hydrogens (primary N) is 1. The second-order valence-corrected chi connectivity index (χ2v) is 9.53. The fourth-order valence-corrected chi connectivity index (χ4v) is 5.79. The zero-order valence-electron chi connectivity index (χ0n) is 15.0. The van der Waals surface area contributed by atoms with E-state index in [4.69, 9.17) is 5.73 Å². The van der Waals surface area contributed by atoms with E-state index in [0.717, 1.165) is 23.7 Å². The second kappa shape index (κ2) is 6.88. The van der Waals surface area contributed by atoms with E-state index in [2.05, 4.69) is 5.32 Å². The molecule has 0 spiro atoms. The first kappa shape index (κ1) is 18.4. The molecule has 2 saturated heterocycles. The highest BCUT2D eigenvalue weighted by atomic mass is 32.2. The summed E-state index contributed by atoms with van der Waals surface area (Å²) in [6, 6.07) is 6.15. The van der Waals surface area contributed by atoms with E-state index in [1.807, 2.05) is 4.90 Å². The summed E-state index contributed by atoms with van der Waals surface area (Å²) in [6.45, 7) is 1.76. The maximum atomic E-state index is 12.8. The number of amides is 2. The van der Waals surface area contributed by atoms with Crippen LogP contribution >= 0.6 is 0 Å². The van der Waals surface area contributed by atoms with Gasteiger partial charge in [0.25, 0.3) is 5.91 Å². The molecule has 1 saturated carbocycles. The first-order valence-electron chi connectivity index (χ1n) is 9.28. The summed E-state index contributed by atoms with van der Waals surface area (Å²) in [5, 5.41) is 2.61. The molecule has 0 radical (unpaired) electrons. The van der Waals surface area contributed by atoms with Gasteiger partial charge in [-0.1, -0.05) is 0 Å². The molecule has 146 valence electrons. The number of nitrogens with one attached hydrogen (secondary N) is 1. The molecule has 9 heteroatoms. The smallest absolute Gasteiger partial charge is 0.253 e. The molecule has 0 aromatic heterocycles. The van der Waals surface area contributed by atoms with Gasteiger partial charge in [-0.15, -0.1) is 0 Å². The van der Waals surface area contributed by atoms with Gasteiger partial charge in [0.15, 0.2) is 0 Å². The lowest BCUT2D eigenvalue weighted by Crippen LogP contribution is -2.49. The van der Waals surface area contributed by atoms with Crippen molar-refractivity contribution in [2.24, 2.45) is 17.6 Å². The van der Waals surface area contributed by atoms with E-state index in [1.165, 1.54) is 12.1 Å². The van der Waals surface area contributed by atoms with Gasteiger partial charge in [0, 0.05) is 37.8 Å². The van der Waals surface area contributed by atoms with Crippen LogP contribution in [0.4, 0.5) is 0 Å². The van der Waals surface area contributed by atoms with Crippen LogP contribution in [0.25, 0.3) is 0 Å². The molecule has 3 unspecified atom stereocenters. The van der Waals surface area contributed by atoms with E-state index < -0.39 is 10.0 Å². The van der Waals surface area contributed by atoms with Crippen LogP contribution in [0.1, 0.15) is 23.2 Å². The topological polar surface area (TPSA) is 113 Å². The van der Waals surface area contributed by atoms with Crippen molar-refractivity contribution in [3.63, 3.8) is 0 Å². The third kappa shape index (κ3) is 3.35. The first-order chi connectivity index (χ1) is 12.9. The molecular formula is C18H24N4O4S. The molecule has 2 aliphatic heterocycles. The number of carbonyl (C=O) groups excluding carboxylic acids is 2. The van der Waals surface area contributed by atoms with Crippen LogP contribution in [0.3, 0.4) is 0 Å². The minimum atomic E-state index is -3.75. The average molecular weight is 392 g/mol. The van der Waals surface area contributed by atoms with Crippen molar-refractivity contribution in [1.82, 2.24) is 14.5 Å². The number of rotatable bonds is 3. The van der Waals surface area contributed by atoms with Gasteiger partial charge >= 0.3 is 0 Å². The normalized spacial score (nSPS) is 28.9. The van der Waals surface area contributed by atoms with Gasteiger partial charge in [-0.3, -0.25) is 9.59 Å². The Bertz CT molecular complexity index is 855. The maximum absolute atomic E-state index is 12.8. The molecule has 1 aliphatic carbocycles. The number of piperazine rings is 1. The van der Waals surface area contributed by atoms with Crippen LogP contribution in [0.15, 0.2) is 29.2 Å². The highest BCUT2D eigenvalue weighted by Crippen LogP contribution is 2.37. The van der Waals surface area contributed by atoms with Crippen molar-refractivity contribution >= 4 is 21.8 Å². The van der Waals surface area contributed by atoms with Gasteiger partial charge in [-0.05, 0) is 48.9 Å². The van der Waals surface area contributed by atoms with Crippen LogP contribution in [-0.2, 0) is 14.8 Å². The van der Waals surface area contributed by atoms with Gasteiger partial charge in [0.1, 0.15) is 0 Å². The van der Waals surface area contributed by atoms with Crippen molar-refractivity contribution in [2.75, 3.05) is 32.7 Å².